The van der Waals surface area contributed by atoms with E-state index in [4.69, 9.17) is 16.3 Å². The van der Waals surface area contributed by atoms with Crippen LogP contribution < -0.4 is 0 Å². The van der Waals surface area contributed by atoms with Gasteiger partial charge in [0.1, 0.15) is 0 Å². The molecule has 0 radical (unpaired) electrons. The molecule has 0 saturated heterocycles. The molecule has 0 fully saturated rings. The topological polar surface area (TPSA) is 66.1 Å². The predicted octanol–water partition coefficient (Wildman–Crippen LogP) is 5.31. The summed E-state index contributed by atoms with van der Waals surface area (Å²) in [5, 5.41) is 1.84. The Bertz CT molecular complexity index is 1690. The summed E-state index contributed by atoms with van der Waals surface area (Å²) >= 11 is 5.97. The minimum absolute atomic E-state index is 0.276. The molecule has 0 N–H and O–H groups in total. The largest absolute Gasteiger partial charge is 0.386 e. The van der Waals surface area contributed by atoms with Crippen molar-refractivity contribution < 1.29 is 14.3 Å². The highest BCUT2D eigenvalue weighted by atomic mass is 35.5. The Morgan fingerprint density at radius 3 is 2.37 bits per heavy atom. The number of ether oxygens (including phenoxy) is 1. The van der Waals surface area contributed by atoms with Gasteiger partial charge in [0.2, 0.25) is 0 Å². The van der Waals surface area contributed by atoms with Gasteiger partial charge in [-0.25, -0.2) is 9.59 Å². The van der Waals surface area contributed by atoms with Crippen molar-refractivity contribution in [2.45, 2.75) is 12.4 Å². The number of fused-ring (bicyclic) bond motifs is 2. The van der Waals surface area contributed by atoms with Crippen LogP contribution in [0.25, 0.3) is 33.0 Å². The lowest BCUT2D eigenvalue weighted by atomic mass is 9.99. The SMILES string of the molecule is Cn1c(C2=C(c3cn(Cc4cccc(CCl)n4)c4ccccc34)C(=O)OC2=O)cc2ccccc21. The lowest BCUT2D eigenvalue weighted by Gasteiger charge is -2.06. The van der Waals surface area contributed by atoms with Crippen LogP contribution in [-0.2, 0) is 33.8 Å². The van der Waals surface area contributed by atoms with Gasteiger partial charge in [0.25, 0.3) is 0 Å². The van der Waals surface area contributed by atoms with Gasteiger partial charge in [-0.3, -0.25) is 4.98 Å². The Morgan fingerprint density at radius 1 is 0.857 bits per heavy atom. The second-order valence-electron chi connectivity index (χ2n) is 8.52. The van der Waals surface area contributed by atoms with Crippen molar-refractivity contribution in [2.24, 2.45) is 7.05 Å². The van der Waals surface area contributed by atoms with Gasteiger partial charge in [-0.2, -0.15) is 0 Å². The summed E-state index contributed by atoms with van der Waals surface area (Å²) in [7, 11) is 1.89. The predicted molar refractivity (Wildman–Crippen MR) is 136 cm³/mol. The fourth-order valence-electron chi connectivity index (χ4n) is 4.84. The van der Waals surface area contributed by atoms with Crippen molar-refractivity contribution in [3.63, 3.8) is 0 Å². The molecule has 1 aliphatic heterocycles. The van der Waals surface area contributed by atoms with E-state index < -0.39 is 11.9 Å². The number of carbonyl (C=O) groups excluding carboxylic acids is 2. The van der Waals surface area contributed by atoms with Gasteiger partial charge in [0.15, 0.2) is 0 Å². The third-order valence-corrected chi connectivity index (χ3v) is 6.72. The summed E-state index contributed by atoms with van der Waals surface area (Å²) in [6.07, 6.45) is 1.90. The molecule has 4 heterocycles. The van der Waals surface area contributed by atoms with Gasteiger partial charge in [0, 0.05) is 40.6 Å². The number of carbonyl (C=O) groups is 2. The fourth-order valence-corrected chi connectivity index (χ4v) is 4.99. The Labute approximate surface area is 206 Å². The molecule has 35 heavy (non-hydrogen) atoms. The van der Waals surface area contributed by atoms with Crippen LogP contribution in [0.15, 0.2) is 79.0 Å². The molecule has 3 aromatic heterocycles. The highest BCUT2D eigenvalue weighted by Gasteiger charge is 2.37. The molecule has 2 aromatic carbocycles. The fraction of sp³-hybridized carbons (Fsp3) is 0.107. The maximum Gasteiger partial charge on any atom is 0.349 e. The summed E-state index contributed by atoms with van der Waals surface area (Å²) in [6, 6.07) is 23.3. The van der Waals surface area contributed by atoms with E-state index in [9.17, 15) is 9.59 Å². The average Bonchev–Trinajstić information content (AvgIpc) is 3.50. The number of para-hydroxylation sites is 2. The zero-order valence-corrected chi connectivity index (χ0v) is 19.6. The smallest absolute Gasteiger partial charge is 0.349 e. The second-order valence-corrected chi connectivity index (χ2v) is 8.78. The van der Waals surface area contributed by atoms with Crippen molar-refractivity contribution in [2.75, 3.05) is 0 Å². The number of cyclic esters (lactones) is 2. The lowest BCUT2D eigenvalue weighted by molar-refractivity contribution is -0.149. The summed E-state index contributed by atoms with van der Waals surface area (Å²) in [6.45, 7) is 0.491. The maximum atomic E-state index is 13.0. The average molecular weight is 482 g/mol. The first-order valence-electron chi connectivity index (χ1n) is 11.2. The first kappa shape index (κ1) is 21.4. The Hall–Kier alpha value is -4.16. The zero-order valence-electron chi connectivity index (χ0n) is 18.9. The number of halogens is 1. The van der Waals surface area contributed by atoms with Crippen molar-refractivity contribution in [1.82, 2.24) is 14.1 Å². The van der Waals surface area contributed by atoms with Crippen LogP contribution in [0.5, 0.6) is 0 Å². The first-order chi connectivity index (χ1) is 17.0. The van der Waals surface area contributed by atoms with Gasteiger partial charge in [-0.05, 0) is 30.3 Å². The van der Waals surface area contributed by atoms with Crippen LogP contribution in [0, 0.1) is 0 Å². The number of aromatic nitrogens is 3. The van der Waals surface area contributed by atoms with E-state index in [-0.39, 0.29) is 11.1 Å². The second kappa shape index (κ2) is 8.25. The van der Waals surface area contributed by atoms with Gasteiger partial charge in [-0.15, -0.1) is 11.6 Å². The molecule has 5 aromatic rings. The van der Waals surface area contributed by atoms with Crippen LogP contribution >= 0.6 is 11.6 Å². The molecule has 7 heteroatoms. The third-order valence-electron chi connectivity index (χ3n) is 6.44. The zero-order chi connectivity index (χ0) is 24.1. The van der Waals surface area contributed by atoms with Gasteiger partial charge < -0.3 is 13.9 Å². The number of nitrogens with zero attached hydrogens (tertiary/aromatic N) is 3. The molecular weight excluding hydrogens is 462 g/mol. The minimum Gasteiger partial charge on any atom is -0.386 e. The number of aryl methyl sites for hydroxylation is 1. The molecule has 0 unspecified atom stereocenters. The summed E-state index contributed by atoms with van der Waals surface area (Å²) in [5.74, 6) is -0.939. The monoisotopic (exact) mass is 481 g/mol. The third kappa shape index (κ3) is 3.45. The Balaban J connectivity index is 1.56. The summed E-state index contributed by atoms with van der Waals surface area (Å²) < 4.78 is 9.11. The molecular formula is C28H20ClN3O3. The number of alkyl halides is 1. The van der Waals surface area contributed by atoms with E-state index in [1.165, 1.54) is 0 Å². The maximum absolute atomic E-state index is 13.0. The molecule has 0 saturated carbocycles. The normalized spacial score (nSPS) is 13.9. The highest BCUT2D eigenvalue weighted by molar-refractivity contribution is 6.45. The van der Waals surface area contributed by atoms with Crippen LogP contribution in [0.3, 0.4) is 0 Å². The van der Waals surface area contributed by atoms with E-state index in [1.807, 2.05) is 95.2 Å². The van der Waals surface area contributed by atoms with Crippen molar-refractivity contribution >= 4 is 56.5 Å². The number of hydrogen-bond acceptors (Lipinski definition) is 4. The first-order valence-corrected chi connectivity index (χ1v) is 11.7. The minimum atomic E-state index is -0.638. The summed E-state index contributed by atoms with van der Waals surface area (Å²) in [5.41, 5.74) is 5.40. The molecule has 172 valence electrons. The van der Waals surface area contributed by atoms with Gasteiger partial charge in [-0.1, -0.05) is 42.5 Å². The standard InChI is InChI=1S/C28H20ClN3O3/c1-31-22-11-4-2-7-17(22)13-24(31)26-25(27(33)35-28(26)34)21-16-32(23-12-5-3-10-20(21)23)15-19-9-6-8-18(14-29)30-19/h2-13,16H,14-15H2,1H3. The Kier molecular flexibility index (Phi) is 5.04. The number of esters is 2. The number of rotatable bonds is 5. The van der Waals surface area contributed by atoms with Crippen LogP contribution in [-0.4, -0.2) is 26.1 Å². The quantitative estimate of drug-likeness (QED) is 0.194. The lowest BCUT2D eigenvalue weighted by Crippen LogP contribution is -2.04. The van der Waals surface area contributed by atoms with Gasteiger partial charge >= 0.3 is 11.9 Å². The van der Waals surface area contributed by atoms with Gasteiger partial charge in [0.05, 0.1) is 40.7 Å². The highest BCUT2D eigenvalue weighted by Crippen LogP contribution is 2.39. The number of benzene rings is 2. The number of pyridine rings is 1. The molecule has 0 atom stereocenters. The van der Waals surface area contributed by atoms with E-state index in [2.05, 4.69) is 4.98 Å². The van der Waals surface area contributed by atoms with E-state index in [1.54, 1.807) is 0 Å². The van der Waals surface area contributed by atoms with Crippen molar-refractivity contribution in [3.05, 3.63) is 102 Å². The molecule has 0 spiro atoms. The molecule has 0 amide bonds. The van der Waals surface area contributed by atoms with Crippen molar-refractivity contribution in [3.8, 4) is 0 Å². The molecule has 6 nitrogen and oxygen atoms in total. The van der Waals surface area contributed by atoms with Crippen LogP contribution in [0.1, 0.15) is 22.6 Å². The summed E-state index contributed by atoms with van der Waals surface area (Å²) in [4.78, 5) is 30.6. The van der Waals surface area contributed by atoms with Crippen molar-refractivity contribution in [1.29, 1.82) is 0 Å². The van der Waals surface area contributed by atoms with E-state index in [0.717, 1.165) is 33.2 Å². The molecule has 1 aliphatic rings. The molecule has 0 bridgehead atoms. The van der Waals surface area contributed by atoms with E-state index >= 15 is 0 Å². The van der Waals surface area contributed by atoms with Crippen LogP contribution in [0.2, 0.25) is 0 Å². The Morgan fingerprint density at radius 2 is 1.57 bits per heavy atom. The molecule has 0 aliphatic carbocycles. The van der Waals surface area contributed by atoms with E-state index in [0.29, 0.717) is 23.7 Å². The van der Waals surface area contributed by atoms with Crippen LogP contribution in [0.4, 0.5) is 0 Å². The molecule has 6 rings (SSSR count). The number of hydrogen-bond donors (Lipinski definition) is 0.